The Bertz CT molecular complexity index is 499. The summed E-state index contributed by atoms with van der Waals surface area (Å²) in [5, 5.41) is 9.52. The zero-order valence-corrected chi connectivity index (χ0v) is 13.8. The maximum atomic E-state index is 12.7. The summed E-state index contributed by atoms with van der Waals surface area (Å²) < 4.78 is 0. The number of aliphatic hydroxyl groups excluding tert-OH is 1. The molecular formula is C15H21ClN2O2S. The molecule has 2 rings (SSSR count). The largest absolute Gasteiger partial charge is 0.395 e. The number of nitrogens with zero attached hydrogens (tertiary/aromatic N) is 2. The molecule has 1 aliphatic heterocycles. The number of thioether (sulfide) groups is 1. The molecular weight excluding hydrogens is 308 g/mol. The van der Waals surface area contributed by atoms with Crippen LogP contribution in [0.4, 0.5) is 0 Å². The van der Waals surface area contributed by atoms with Crippen molar-refractivity contribution >= 4 is 29.3 Å². The van der Waals surface area contributed by atoms with E-state index in [0.717, 1.165) is 31.0 Å². The van der Waals surface area contributed by atoms with Crippen LogP contribution >= 0.6 is 23.4 Å². The van der Waals surface area contributed by atoms with E-state index in [1.165, 1.54) is 0 Å². The molecule has 0 bridgehead atoms. The van der Waals surface area contributed by atoms with Crippen LogP contribution in [0.1, 0.15) is 16.8 Å². The van der Waals surface area contributed by atoms with Gasteiger partial charge in [-0.3, -0.25) is 9.69 Å². The average Bonchev–Trinajstić information content (AvgIpc) is 2.73. The van der Waals surface area contributed by atoms with Gasteiger partial charge in [-0.15, -0.1) is 11.8 Å². The van der Waals surface area contributed by atoms with Crippen LogP contribution < -0.4 is 0 Å². The van der Waals surface area contributed by atoms with Crippen molar-refractivity contribution in [1.29, 1.82) is 0 Å². The zero-order valence-electron chi connectivity index (χ0n) is 12.2. The first-order chi connectivity index (χ1) is 10.2. The summed E-state index contributed by atoms with van der Waals surface area (Å²) in [5.74, 6) is 0.00162. The molecule has 1 heterocycles. The number of amides is 1. The van der Waals surface area contributed by atoms with Crippen molar-refractivity contribution in [1.82, 2.24) is 9.80 Å². The molecule has 0 unspecified atom stereocenters. The number of carbonyl (C=O) groups is 1. The Labute approximate surface area is 135 Å². The van der Waals surface area contributed by atoms with E-state index in [4.69, 9.17) is 16.7 Å². The molecule has 1 aromatic carbocycles. The highest BCUT2D eigenvalue weighted by Crippen LogP contribution is 2.24. The van der Waals surface area contributed by atoms with Crippen LogP contribution in [0.15, 0.2) is 23.1 Å². The fourth-order valence-corrected chi connectivity index (χ4v) is 3.14. The molecule has 0 spiro atoms. The molecule has 1 amide bonds. The predicted molar refractivity (Wildman–Crippen MR) is 87.3 cm³/mol. The van der Waals surface area contributed by atoms with Crippen LogP contribution in [0.25, 0.3) is 0 Å². The number of rotatable bonds is 4. The number of β-amino-alcohol motifs (C(OH)–C–C–N with tert-alkyl or cyclic N) is 1. The van der Waals surface area contributed by atoms with Gasteiger partial charge in [0.25, 0.3) is 5.91 Å². The van der Waals surface area contributed by atoms with Crippen LogP contribution in [0.3, 0.4) is 0 Å². The van der Waals surface area contributed by atoms with Crippen LogP contribution in [0.5, 0.6) is 0 Å². The summed E-state index contributed by atoms with van der Waals surface area (Å²) in [7, 11) is 0. The SMILES string of the molecule is CSc1ccc(Cl)c(C(=O)N2CCCN(CCO)CC2)c1. The number of hydrogen-bond donors (Lipinski definition) is 1. The van der Waals surface area contributed by atoms with Crippen LogP contribution in [0.2, 0.25) is 5.02 Å². The van der Waals surface area contributed by atoms with Crippen molar-refractivity contribution < 1.29 is 9.90 Å². The normalized spacial score (nSPS) is 16.8. The Morgan fingerprint density at radius 2 is 2.14 bits per heavy atom. The van der Waals surface area contributed by atoms with E-state index in [0.29, 0.717) is 23.7 Å². The lowest BCUT2D eigenvalue weighted by Crippen LogP contribution is -2.36. The molecule has 21 heavy (non-hydrogen) atoms. The minimum atomic E-state index is 0.00162. The van der Waals surface area contributed by atoms with Crippen molar-refractivity contribution in [3.05, 3.63) is 28.8 Å². The highest BCUT2D eigenvalue weighted by Gasteiger charge is 2.22. The summed E-state index contributed by atoms with van der Waals surface area (Å²) in [6, 6.07) is 5.58. The third kappa shape index (κ3) is 4.36. The fraction of sp³-hybridized carbons (Fsp3) is 0.533. The van der Waals surface area contributed by atoms with Crippen LogP contribution in [-0.4, -0.2) is 66.4 Å². The third-order valence-corrected chi connectivity index (χ3v) is 4.75. The number of aliphatic hydroxyl groups is 1. The molecule has 4 nitrogen and oxygen atoms in total. The summed E-state index contributed by atoms with van der Waals surface area (Å²) in [4.78, 5) is 17.8. The maximum absolute atomic E-state index is 12.7. The number of hydrogen-bond acceptors (Lipinski definition) is 4. The smallest absolute Gasteiger partial charge is 0.255 e. The number of halogens is 1. The molecule has 0 aromatic heterocycles. The standard InChI is InChI=1S/C15H21ClN2O2S/c1-21-12-3-4-14(16)13(11-12)15(20)18-6-2-5-17(7-8-18)9-10-19/h3-4,11,19H,2,5-10H2,1H3. The highest BCUT2D eigenvalue weighted by molar-refractivity contribution is 7.98. The predicted octanol–water partition coefficient (Wildman–Crippen LogP) is 2.20. The lowest BCUT2D eigenvalue weighted by atomic mass is 10.2. The monoisotopic (exact) mass is 328 g/mol. The Hall–Kier alpha value is -0.750. The van der Waals surface area contributed by atoms with Gasteiger partial charge in [-0.05, 0) is 37.4 Å². The second kappa shape index (κ2) is 8.03. The summed E-state index contributed by atoms with van der Waals surface area (Å²) in [6.07, 6.45) is 2.90. The van der Waals surface area contributed by atoms with Gasteiger partial charge < -0.3 is 10.0 Å². The molecule has 0 radical (unpaired) electrons. The lowest BCUT2D eigenvalue weighted by molar-refractivity contribution is 0.0760. The van der Waals surface area contributed by atoms with Gasteiger partial charge >= 0.3 is 0 Å². The molecule has 1 fully saturated rings. The molecule has 0 aliphatic carbocycles. The average molecular weight is 329 g/mol. The minimum Gasteiger partial charge on any atom is -0.395 e. The first kappa shape index (κ1) is 16.6. The van der Waals surface area contributed by atoms with E-state index in [1.54, 1.807) is 17.8 Å². The molecule has 1 N–H and O–H groups in total. The number of carbonyl (C=O) groups excluding carboxylic acids is 1. The molecule has 0 saturated carbocycles. The highest BCUT2D eigenvalue weighted by atomic mass is 35.5. The molecule has 1 aliphatic rings. The third-order valence-electron chi connectivity index (χ3n) is 3.70. The van der Waals surface area contributed by atoms with Gasteiger partial charge in [0.05, 0.1) is 17.2 Å². The van der Waals surface area contributed by atoms with Gasteiger partial charge in [0.15, 0.2) is 0 Å². The Kier molecular flexibility index (Phi) is 6.36. The van der Waals surface area contributed by atoms with E-state index in [2.05, 4.69) is 4.90 Å². The maximum Gasteiger partial charge on any atom is 0.255 e. The van der Waals surface area contributed by atoms with Crippen molar-refractivity contribution in [2.45, 2.75) is 11.3 Å². The van der Waals surface area contributed by atoms with Gasteiger partial charge in [0.2, 0.25) is 0 Å². The van der Waals surface area contributed by atoms with Gasteiger partial charge in [-0.1, -0.05) is 11.6 Å². The lowest BCUT2D eigenvalue weighted by Gasteiger charge is -2.22. The Balaban J connectivity index is 2.09. The summed E-state index contributed by atoms with van der Waals surface area (Å²) in [6.45, 7) is 3.97. The summed E-state index contributed by atoms with van der Waals surface area (Å²) >= 11 is 7.79. The molecule has 1 aromatic rings. The van der Waals surface area contributed by atoms with Crippen LogP contribution in [0, 0.1) is 0 Å². The van der Waals surface area contributed by atoms with Crippen LogP contribution in [-0.2, 0) is 0 Å². The molecule has 0 atom stereocenters. The van der Waals surface area contributed by atoms with Gasteiger partial charge in [-0.2, -0.15) is 0 Å². The Morgan fingerprint density at radius 3 is 2.86 bits per heavy atom. The van der Waals surface area contributed by atoms with Crippen molar-refractivity contribution in [2.24, 2.45) is 0 Å². The first-order valence-corrected chi connectivity index (χ1v) is 8.72. The molecule has 116 valence electrons. The zero-order chi connectivity index (χ0) is 15.2. The fourth-order valence-electron chi connectivity index (χ4n) is 2.50. The van der Waals surface area contributed by atoms with Gasteiger partial charge in [0.1, 0.15) is 0 Å². The topological polar surface area (TPSA) is 43.8 Å². The second-order valence-electron chi connectivity index (χ2n) is 5.06. The second-order valence-corrected chi connectivity index (χ2v) is 6.34. The molecule has 6 heteroatoms. The van der Waals surface area contributed by atoms with Crippen molar-refractivity contribution in [3.8, 4) is 0 Å². The van der Waals surface area contributed by atoms with E-state index in [-0.39, 0.29) is 12.5 Å². The van der Waals surface area contributed by atoms with E-state index in [1.807, 2.05) is 23.3 Å². The van der Waals surface area contributed by atoms with Gasteiger partial charge in [0, 0.05) is 31.1 Å². The van der Waals surface area contributed by atoms with E-state index >= 15 is 0 Å². The van der Waals surface area contributed by atoms with Crippen molar-refractivity contribution in [2.75, 3.05) is 45.6 Å². The van der Waals surface area contributed by atoms with E-state index < -0.39 is 0 Å². The Morgan fingerprint density at radius 1 is 1.33 bits per heavy atom. The minimum absolute atomic E-state index is 0.00162. The van der Waals surface area contributed by atoms with Crippen molar-refractivity contribution in [3.63, 3.8) is 0 Å². The first-order valence-electron chi connectivity index (χ1n) is 7.11. The van der Waals surface area contributed by atoms with Gasteiger partial charge in [-0.25, -0.2) is 0 Å². The number of benzene rings is 1. The summed E-state index contributed by atoms with van der Waals surface area (Å²) in [5.41, 5.74) is 0.583. The quantitative estimate of drug-likeness (QED) is 0.861. The molecule has 1 saturated heterocycles. The van der Waals surface area contributed by atoms with E-state index in [9.17, 15) is 4.79 Å².